The van der Waals surface area contributed by atoms with Crippen molar-refractivity contribution in [1.82, 2.24) is 19.9 Å². The molecule has 0 N–H and O–H groups in total. The van der Waals surface area contributed by atoms with Crippen LogP contribution in [0.15, 0.2) is 186 Å². The lowest BCUT2D eigenvalue weighted by molar-refractivity contribution is 0.623. The molecule has 282 valence electrons. The Hall–Kier alpha value is -7.76. The van der Waals surface area contributed by atoms with Gasteiger partial charge in [0.2, 0.25) is 5.89 Å². The highest BCUT2D eigenvalue weighted by Gasteiger charge is 2.35. The summed E-state index contributed by atoms with van der Waals surface area (Å²) in [7, 11) is 0. The molecule has 9 aromatic carbocycles. The monoisotopic (exact) mass is 768 g/mol. The van der Waals surface area contributed by atoms with Crippen LogP contribution in [0.1, 0.15) is 25.0 Å². The van der Waals surface area contributed by atoms with Crippen molar-refractivity contribution in [3.63, 3.8) is 0 Å². The SMILES string of the molecule is CC1(C)c2ccccc2-c2ccc(-c3nc(-c4ccc(-c5ccc6c(c5)c5ccccc5c5oc(-c7ccccc7)nc65)cc4)nc(-c4cccc5ccccc45)n3)cc21. The lowest BCUT2D eigenvalue weighted by Crippen LogP contribution is -2.15. The van der Waals surface area contributed by atoms with Crippen LogP contribution in [-0.4, -0.2) is 19.9 Å². The molecule has 0 amide bonds. The third kappa shape index (κ3) is 5.33. The summed E-state index contributed by atoms with van der Waals surface area (Å²) in [6.45, 7) is 4.61. The molecule has 1 aliphatic rings. The van der Waals surface area contributed by atoms with Crippen LogP contribution in [0.4, 0.5) is 0 Å². The lowest BCUT2D eigenvalue weighted by Gasteiger charge is -2.21. The van der Waals surface area contributed by atoms with E-state index < -0.39 is 0 Å². The Kier molecular flexibility index (Phi) is 7.51. The minimum atomic E-state index is -0.146. The Morgan fingerprint density at radius 2 is 0.983 bits per heavy atom. The average molecular weight is 769 g/mol. The highest BCUT2D eigenvalue weighted by atomic mass is 16.3. The number of hydrogen-bond donors (Lipinski definition) is 0. The second-order valence-corrected chi connectivity index (χ2v) is 16.2. The second kappa shape index (κ2) is 13.1. The number of nitrogens with zero attached hydrogens (tertiary/aromatic N) is 4. The van der Waals surface area contributed by atoms with E-state index in [0.29, 0.717) is 23.4 Å². The van der Waals surface area contributed by atoms with Crippen molar-refractivity contribution in [1.29, 1.82) is 0 Å². The first-order valence-electron chi connectivity index (χ1n) is 20.4. The minimum absolute atomic E-state index is 0.146. The summed E-state index contributed by atoms with van der Waals surface area (Å²) in [6.07, 6.45) is 0. The van der Waals surface area contributed by atoms with Gasteiger partial charge in [-0.05, 0) is 79.2 Å². The fourth-order valence-corrected chi connectivity index (χ4v) is 9.29. The van der Waals surface area contributed by atoms with Crippen molar-refractivity contribution in [2.45, 2.75) is 19.3 Å². The third-order valence-corrected chi connectivity index (χ3v) is 12.4. The van der Waals surface area contributed by atoms with Crippen molar-refractivity contribution >= 4 is 43.4 Å². The zero-order valence-electron chi connectivity index (χ0n) is 33.0. The molecule has 5 nitrogen and oxygen atoms in total. The quantitative estimate of drug-likeness (QED) is 0.163. The van der Waals surface area contributed by atoms with Crippen molar-refractivity contribution in [2.24, 2.45) is 0 Å². The average Bonchev–Trinajstić information content (AvgIpc) is 3.86. The predicted molar refractivity (Wildman–Crippen MR) is 245 cm³/mol. The molecule has 0 fully saturated rings. The van der Waals surface area contributed by atoms with E-state index in [-0.39, 0.29) is 5.41 Å². The molecule has 5 heteroatoms. The van der Waals surface area contributed by atoms with Gasteiger partial charge in [-0.2, -0.15) is 0 Å². The van der Waals surface area contributed by atoms with Gasteiger partial charge in [-0.15, -0.1) is 0 Å². The van der Waals surface area contributed by atoms with Gasteiger partial charge in [-0.3, -0.25) is 0 Å². The molecule has 0 saturated carbocycles. The molecule has 0 aliphatic heterocycles. The Balaban J connectivity index is 0.974. The number of oxazole rings is 1. The van der Waals surface area contributed by atoms with Crippen LogP contribution in [0.2, 0.25) is 0 Å². The molecule has 11 aromatic rings. The molecule has 0 radical (unpaired) electrons. The summed E-state index contributed by atoms with van der Waals surface area (Å²) in [5.41, 5.74) is 12.7. The molecule has 1 aliphatic carbocycles. The van der Waals surface area contributed by atoms with Gasteiger partial charge in [0.25, 0.3) is 0 Å². The van der Waals surface area contributed by atoms with Gasteiger partial charge in [0.05, 0.1) is 0 Å². The van der Waals surface area contributed by atoms with Gasteiger partial charge >= 0.3 is 0 Å². The Morgan fingerprint density at radius 3 is 1.83 bits per heavy atom. The van der Waals surface area contributed by atoms with E-state index in [4.69, 9.17) is 24.4 Å². The van der Waals surface area contributed by atoms with Crippen molar-refractivity contribution < 1.29 is 4.42 Å². The summed E-state index contributed by atoms with van der Waals surface area (Å²) < 4.78 is 6.45. The fourth-order valence-electron chi connectivity index (χ4n) is 9.29. The van der Waals surface area contributed by atoms with Crippen molar-refractivity contribution in [3.05, 3.63) is 193 Å². The van der Waals surface area contributed by atoms with Crippen molar-refractivity contribution in [2.75, 3.05) is 0 Å². The van der Waals surface area contributed by atoms with Crippen LogP contribution in [0.3, 0.4) is 0 Å². The summed E-state index contributed by atoms with van der Waals surface area (Å²) in [6, 6.07) is 63.8. The van der Waals surface area contributed by atoms with Gasteiger partial charge in [0, 0.05) is 38.4 Å². The minimum Gasteiger partial charge on any atom is -0.435 e. The largest absolute Gasteiger partial charge is 0.435 e. The Morgan fingerprint density at radius 1 is 0.367 bits per heavy atom. The highest BCUT2D eigenvalue weighted by Crippen LogP contribution is 2.49. The topological polar surface area (TPSA) is 64.7 Å². The normalized spacial score (nSPS) is 13.0. The first-order chi connectivity index (χ1) is 29.5. The maximum Gasteiger partial charge on any atom is 0.227 e. The zero-order chi connectivity index (χ0) is 40.0. The van der Waals surface area contributed by atoms with E-state index >= 15 is 0 Å². The molecule has 60 heavy (non-hydrogen) atoms. The molecular weight excluding hydrogens is 733 g/mol. The molecule has 0 bridgehead atoms. The number of hydrogen-bond acceptors (Lipinski definition) is 5. The second-order valence-electron chi connectivity index (χ2n) is 16.2. The predicted octanol–water partition coefficient (Wildman–Crippen LogP) is 14.1. The van der Waals surface area contributed by atoms with Crippen LogP contribution >= 0.6 is 0 Å². The van der Waals surface area contributed by atoms with Gasteiger partial charge in [-0.25, -0.2) is 19.9 Å². The van der Waals surface area contributed by atoms with E-state index in [1.807, 2.05) is 30.3 Å². The van der Waals surface area contributed by atoms with Crippen LogP contribution in [0.25, 0.3) is 111 Å². The summed E-state index contributed by atoms with van der Waals surface area (Å²) in [5, 5.41) is 6.62. The van der Waals surface area contributed by atoms with Gasteiger partial charge in [0.1, 0.15) is 5.52 Å². The zero-order valence-corrected chi connectivity index (χ0v) is 33.0. The number of rotatable bonds is 5. The highest BCUT2D eigenvalue weighted by molar-refractivity contribution is 6.23. The molecule has 0 saturated heterocycles. The Bertz CT molecular complexity index is 3510. The number of benzene rings is 9. The maximum atomic E-state index is 6.45. The molecule has 12 rings (SSSR count). The van der Waals surface area contributed by atoms with Gasteiger partial charge in [-0.1, -0.05) is 172 Å². The van der Waals surface area contributed by atoms with Crippen LogP contribution in [0.5, 0.6) is 0 Å². The molecular formula is C55H36N4O. The van der Waals surface area contributed by atoms with Crippen LogP contribution in [-0.2, 0) is 5.41 Å². The van der Waals surface area contributed by atoms with E-state index in [9.17, 15) is 0 Å². The summed E-state index contributed by atoms with van der Waals surface area (Å²) in [5.74, 6) is 2.55. The first kappa shape index (κ1) is 34.3. The molecule has 2 aromatic heterocycles. The van der Waals surface area contributed by atoms with Crippen LogP contribution in [0, 0.1) is 0 Å². The van der Waals surface area contributed by atoms with Gasteiger partial charge in [0.15, 0.2) is 23.1 Å². The van der Waals surface area contributed by atoms with Crippen molar-refractivity contribution in [3.8, 4) is 67.9 Å². The molecule has 0 spiro atoms. The number of fused-ring (bicyclic) bond motifs is 10. The smallest absolute Gasteiger partial charge is 0.227 e. The number of aromatic nitrogens is 4. The Labute approximate surface area is 346 Å². The van der Waals surface area contributed by atoms with Gasteiger partial charge < -0.3 is 4.42 Å². The van der Waals surface area contributed by atoms with E-state index in [1.165, 1.54) is 22.3 Å². The molecule has 0 atom stereocenters. The fraction of sp³-hybridized carbons (Fsp3) is 0.0545. The summed E-state index contributed by atoms with van der Waals surface area (Å²) >= 11 is 0. The maximum absolute atomic E-state index is 6.45. The molecule has 2 heterocycles. The molecule has 0 unspecified atom stereocenters. The summed E-state index contributed by atoms with van der Waals surface area (Å²) in [4.78, 5) is 20.6. The van der Waals surface area contributed by atoms with E-state index in [0.717, 1.165) is 76.8 Å². The first-order valence-corrected chi connectivity index (χ1v) is 20.4. The van der Waals surface area contributed by atoms with Crippen LogP contribution < -0.4 is 0 Å². The lowest BCUT2D eigenvalue weighted by atomic mass is 9.82. The van der Waals surface area contributed by atoms with E-state index in [1.54, 1.807) is 0 Å². The standard InChI is InChI=1S/C55H36N4O/c1-55(2)47-22-11-10-19-41(47)42-29-28-38(32-48(42)55)52-57-51(58-53(59-52)45-21-12-16-34-13-6-7-17-39(34)45)35-25-23-33(24-26-35)37-27-30-43-46(31-37)40-18-8-9-20-44(40)50-49(43)56-54(60-50)36-14-4-3-5-15-36/h3-32H,1-2H3. The van der Waals surface area contributed by atoms with E-state index in [2.05, 4.69) is 166 Å². The third-order valence-electron chi connectivity index (χ3n) is 12.4.